The van der Waals surface area contributed by atoms with Crippen molar-refractivity contribution in [2.24, 2.45) is 0 Å². The van der Waals surface area contributed by atoms with Crippen LogP contribution in [0.25, 0.3) is 0 Å². The Hall–Kier alpha value is -2.15. The second-order valence-corrected chi connectivity index (χ2v) is 5.16. The van der Waals surface area contributed by atoms with E-state index >= 15 is 0 Å². The van der Waals surface area contributed by atoms with Gasteiger partial charge in [0, 0.05) is 36.5 Å². The molecule has 0 spiro atoms. The van der Waals surface area contributed by atoms with Crippen molar-refractivity contribution in [3.63, 3.8) is 0 Å². The molecule has 3 N–H and O–H groups in total. The fourth-order valence-electron chi connectivity index (χ4n) is 2.80. The van der Waals surface area contributed by atoms with Crippen molar-refractivity contribution in [1.29, 1.82) is 0 Å². The van der Waals surface area contributed by atoms with Gasteiger partial charge in [0.2, 0.25) is 0 Å². The third-order valence-corrected chi connectivity index (χ3v) is 3.79. The van der Waals surface area contributed by atoms with Crippen molar-refractivity contribution in [3.05, 3.63) is 35.4 Å². The lowest BCUT2D eigenvalue weighted by atomic mass is 9.94. The van der Waals surface area contributed by atoms with Crippen LogP contribution in [-0.2, 0) is 6.54 Å². The normalized spacial score (nSPS) is 20.1. The Morgan fingerprint density at radius 3 is 3.10 bits per heavy atom. The van der Waals surface area contributed by atoms with Crippen LogP contribution in [0, 0.1) is 0 Å². The number of nitrogens with zero attached hydrogens (tertiary/aromatic N) is 3. The SMILES string of the molecule is O=C(O)c1[nH]ncc1CN1CCC[C@@H](c2ccn[nH]2)C1. The smallest absolute Gasteiger partial charge is 0.354 e. The van der Waals surface area contributed by atoms with Gasteiger partial charge in [0.1, 0.15) is 5.69 Å². The molecule has 7 nitrogen and oxygen atoms in total. The number of hydrogen-bond acceptors (Lipinski definition) is 4. The van der Waals surface area contributed by atoms with E-state index in [0.717, 1.165) is 37.2 Å². The quantitative estimate of drug-likeness (QED) is 0.779. The molecule has 2 aromatic heterocycles. The maximum Gasteiger partial charge on any atom is 0.354 e. The lowest BCUT2D eigenvalue weighted by Gasteiger charge is -2.31. The molecule has 0 aromatic carbocycles. The first-order valence-electron chi connectivity index (χ1n) is 6.71. The van der Waals surface area contributed by atoms with Crippen LogP contribution in [0.3, 0.4) is 0 Å². The summed E-state index contributed by atoms with van der Waals surface area (Å²) < 4.78 is 0. The van der Waals surface area contributed by atoms with Crippen molar-refractivity contribution < 1.29 is 9.90 Å². The number of nitrogens with one attached hydrogen (secondary N) is 2. The van der Waals surface area contributed by atoms with Gasteiger partial charge in [-0.15, -0.1) is 0 Å². The van der Waals surface area contributed by atoms with Crippen molar-refractivity contribution in [2.75, 3.05) is 13.1 Å². The first kappa shape index (κ1) is 12.9. The maximum absolute atomic E-state index is 11.1. The van der Waals surface area contributed by atoms with Gasteiger partial charge >= 0.3 is 5.97 Å². The first-order valence-corrected chi connectivity index (χ1v) is 6.71. The van der Waals surface area contributed by atoms with Crippen molar-refractivity contribution in [2.45, 2.75) is 25.3 Å². The van der Waals surface area contributed by atoms with E-state index in [2.05, 4.69) is 25.3 Å². The molecule has 0 saturated carbocycles. The van der Waals surface area contributed by atoms with Gasteiger partial charge in [-0.3, -0.25) is 15.1 Å². The second-order valence-electron chi connectivity index (χ2n) is 5.16. The Morgan fingerprint density at radius 2 is 2.35 bits per heavy atom. The Kier molecular flexibility index (Phi) is 3.51. The molecule has 7 heteroatoms. The van der Waals surface area contributed by atoms with E-state index in [4.69, 9.17) is 5.11 Å². The molecule has 0 radical (unpaired) electrons. The number of carbonyl (C=O) groups is 1. The van der Waals surface area contributed by atoms with E-state index in [0.29, 0.717) is 12.5 Å². The summed E-state index contributed by atoms with van der Waals surface area (Å²) in [4.78, 5) is 13.3. The van der Waals surface area contributed by atoms with Crippen LogP contribution in [0.2, 0.25) is 0 Å². The topological polar surface area (TPSA) is 97.9 Å². The van der Waals surface area contributed by atoms with Crippen LogP contribution < -0.4 is 0 Å². The molecular weight excluding hydrogens is 258 g/mol. The van der Waals surface area contributed by atoms with Gasteiger partial charge in [-0.2, -0.15) is 10.2 Å². The van der Waals surface area contributed by atoms with E-state index in [1.165, 1.54) is 0 Å². The molecule has 106 valence electrons. The van der Waals surface area contributed by atoms with Gasteiger partial charge < -0.3 is 5.11 Å². The zero-order chi connectivity index (χ0) is 13.9. The van der Waals surface area contributed by atoms with Crippen molar-refractivity contribution in [3.8, 4) is 0 Å². The van der Waals surface area contributed by atoms with Gasteiger partial charge in [-0.05, 0) is 25.5 Å². The predicted octanol–water partition coefficient (Wildman–Crippen LogP) is 1.21. The number of carboxylic acid groups (broad SMARTS) is 1. The Labute approximate surface area is 116 Å². The largest absolute Gasteiger partial charge is 0.477 e. The molecule has 1 atom stereocenters. The fraction of sp³-hybridized carbons (Fsp3) is 0.462. The first-order chi connectivity index (χ1) is 9.74. The molecule has 3 rings (SSSR count). The molecule has 0 aliphatic carbocycles. The number of rotatable bonds is 4. The van der Waals surface area contributed by atoms with Crippen LogP contribution in [0.15, 0.2) is 18.5 Å². The summed E-state index contributed by atoms with van der Waals surface area (Å²) in [5.74, 6) is -0.522. The van der Waals surface area contributed by atoms with E-state index < -0.39 is 5.97 Å². The van der Waals surface area contributed by atoms with Gasteiger partial charge in [0.15, 0.2) is 0 Å². The third kappa shape index (κ3) is 2.57. The molecule has 2 aromatic rings. The molecule has 0 bridgehead atoms. The van der Waals surface area contributed by atoms with E-state index in [9.17, 15) is 4.79 Å². The number of aromatic amines is 2. The number of carboxylic acids is 1. The number of aromatic nitrogens is 4. The molecule has 0 amide bonds. The highest BCUT2D eigenvalue weighted by Gasteiger charge is 2.24. The zero-order valence-electron chi connectivity index (χ0n) is 11.0. The highest BCUT2D eigenvalue weighted by Crippen LogP contribution is 2.26. The molecule has 1 saturated heterocycles. The molecule has 1 fully saturated rings. The van der Waals surface area contributed by atoms with E-state index in [1.807, 2.05) is 6.07 Å². The minimum Gasteiger partial charge on any atom is -0.477 e. The van der Waals surface area contributed by atoms with Gasteiger partial charge in [0.25, 0.3) is 0 Å². The monoisotopic (exact) mass is 275 g/mol. The highest BCUT2D eigenvalue weighted by molar-refractivity contribution is 5.86. The standard InChI is InChI=1S/C13H17N5O2/c19-13(20)12-10(6-15-17-12)8-18-5-1-2-9(7-18)11-3-4-14-16-11/h3-4,6,9H,1-2,5,7-8H2,(H,14,16)(H,15,17)(H,19,20)/t9-/m1/s1. The lowest BCUT2D eigenvalue weighted by Crippen LogP contribution is -2.34. The zero-order valence-corrected chi connectivity index (χ0v) is 11.0. The summed E-state index contributed by atoms with van der Waals surface area (Å²) in [5.41, 5.74) is 2.08. The van der Waals surface area contributed by atoms with E-state index in [-0.39, 0.29) is 5.69 Å². The average molecular weight is 275 g/mol. The molecule has 0 unspecified atom stereocenters. The minimum absolute atomic E-state index is 0.189. The molecular formula is C13H17N5O2. The maximum atomic E-state index is 11.1. The Bertz CT molecular complexity index is 577. The fourth-order valence-corrected chi connectivity index (χ4v) is 2.80. The molecule has 1 aliphatic rings. The molecule has 20 heavy (non-hydrogen) atoms. The second kappa shape index (κ2) is 5.46. The number of H-pyrrole nitrogens is 2. The van der Waals surface area contributed by atoms with Crippen LogP contribution in [-0.4, -0.2) is 49.5 Å². The number of hydrogen-bond donors (Lipinski definition) is 3. The number of aromatic carboxylic acids is 1. The van der Waals surface area contributed by atoms with Crippen LogP contribution in [0.4, 0.5) is 0 Å². The van der Waals surface area contributed by atoms with Crippen LogP contribution in [0.5, 0.6) is 0 Å². The highest BCUT2D eigenvalue weighted by atomic mass is 16.4. The summed E-state index contributed by atoms with van der Waals surface area (Å²) in [6, 6.07) is 2.01. The third-order valence-electron chi connectivity index (χ3n) is 3.79. The van der Waals surface area contributed by atoms with Gasteiger partial charge in [-0.1, -0.05) is 0 Å². The lowest BCUT2D eigenvalue weighted by molar-refractivity contribution is 0.0687. The summed E-state index contributed by atoms with van der Waals surface area (Å²) in [7, 11) is 0. The molecule has 1 aliphatic heterocycles. The predicted molar refractivity (Wildman–Crippen MR) is 71.4 cm³/mol. The van der Waals surface area contributed by atoms with Crippen molar-refractivity contribution >= 4 is 5.97 Å². The summed E-state index contributed by atoms with van der Waals surface area (Å²) in [5, 5.41) is 22.5. The summed E-state index contributed by atoms with van der Waals surface area (Å²) in [6.45, 7) is 2.50. The van der Waals surface area contributed by atoms with Crippen LogP contribution >= 0.6 is 0 Å². The summed E-state index contributed by atoms with van der Waals surface area (Å²) in [6.07, 6.45) is 5.61. The van der Waals surface area contributed by atoms with Crippen LogP contribution in [0.1, 0.15) is 40.5 Å². The Balaban J connectivity index is 1.68. The van der Waals surface area contributed by atoms with Gasteiger partial charge in [0.05, 0.1) is 6.20 Å². The average Bonchev–Trinajstić information content (AvgIpc) is 3.10. The Morgan fingerprint density at radius 1 is 1.45 bits per heavy atom. The number of piperidine rings is 1. The summed E-state index contributed by atoms with van der Waals surface area (Å²) >= 11 is 0. The van der Waals surface area contributed by atoms with Gasteiger partial charge in [-0.25, -0.2) is 4.79 Å². The minimum atomic E-state index is -0.959. The van der Waals surface area contributed by atoms with Crippen molar-refractivity contribution in [1.82, 2.24) is 25.3 Å². The molecule has 3 heterocycles. The number of likely N-dealkylation sites (tertiary alicyclic amines) is 1. The van der Waals surface area contributed by atoms with E-state index in [1.54, 1.807) is 12.4 Å².